The first-order valence-corrected chi connectivity index (χ1v) is 7.37. The van der Waals surface area contributed by atoms with E-state index < -0.39 is 0 Å². The van der Waals surface area contributed by atoms with Crippen molar-refractivity contribution in [2.24, 2.45) is 0 Å². The highest BCUT2D eigenvalue weighted by molar-refractivity contribution is 6.32. The van der Waals surface area contributed by atoms with Crippen LogP contribution in [0.5, 0.6) is 6.01 Å². The molecule has 1 fully saturated rings. The fourth-order valence-electron chi connectivity index (χ4n) is 2.49. The second-order valence-electron chi connectivity index (χ2n) is 4.98. The van der Waals surface area contributed by atoms with E-state index in [2.05, 4.69) is 19.8 Å². The number of rotatable bonds is 3. The maximum atomic E-state index is 13.0. The molecule has 0 saturated carbocycles. The van der Waals surface area contributed by atoms with Gasteiger partial charge < -0.3 is 14.5 Å². The van der Waals surface area contributed by atoms with E-state index in [9.17, 15) is 4.39 Å². The summed E-state index contributed by atoms with van der Waals surface area (Å²) in [6.07, 6.45) is 1.55. The van der Waals surface area contributed by atoms with Gasteiger partial charge in [-0.15, -0.1) is 0 Å². The molecule has 3 rings (SSSR count). The molecule has 0 radical (unpaired) electrons. The van der Waals surface area contributed by atoms with Crippen molar-refractivity contribution in [1.29, 1.82) is 0 Å². The summed E-state index contributed by atoms with van der Waals surface area (Å²) in [4.78, 5) is 12.6. The highest BCUT2D eigenvalue weighted by Gasteiger charge is 2.21. The SMILES string of the molecule is COc1ncc(Cl)c(N2CCN(c3ccc(F)cc3)CC2)n1. The van der Waals surface area contributed by atoms with Gasteiger partial charge in [0.1, 0.15) is 10.8 Å². The summed E-state index contributed by atoms with van der Waals surface area (Å²) >= 11 is 6.18. The van der Waals surface area contributed by atoms with Crippen LogP contribution in [-0.4, -0.2) is 43.3 Å². The van der Waals surface area contributed by atoms with Gasteiger partial charge in [-0.25, -0.2) is 9.37 Å². The molecule has 0 amide bonds. The Hall–Kier alpha value is -2.08. The second kappa shape index (κ2) is 6.36. The summed E-state index contributed by atoms with van der Waals surface area (Å²) in [5.41, 5.74) is 1.02. The number of anilines is 2. The normalized spacial score (nSPS) is 15.0. The van der Waals surface area contributed by atoms with Crippen molar-refractivity contribution in [3.8, 4) is 6.01 Å². The third-order valence-corrected chi connectivity index (χ3v) is 3.92. The number of piperazine rings is 1. The predicted molar refractivity (Wildman–Crippen MR) is 84.4 cm³/mol. The van der Waals surface area contributed by atoms with E-state index in [1.165, 1.54) is 19.2 Å². The molecule has 0 aliphatic carbocycles. The van der Waals surface area contributed by atoms with E-state index in [4.69, 9.17) is 16.3 Å². The molecule has 0 spiro atoms. The largest absolute Gasteiger partial charge is 0.467 e. The zero-order valence-corrected chi connectivity index (χ0v) is 12.9. The average Bonchev–Trinajstić information content (AvgIpc) is 2.56. The van der Waals surface area contributed by atoms with E-state index in [1.807, 2.05) is 0 Å². The number of hydrogen-bond acceptors (Lipinski definition) is 5. The Morgan fingerprint density at radius 1 is 1.09 bits per heavy atom. The molecule has 0 unspecified atom stereocenters. The Morgan fingerprint density at radius 3 is 2.36 bits per heavy atom. The molecular formula is C15H16ClFN4O. The number of hydrogen-bond donors (Lipinski definition) is 0. The van der Waals surface area contributed by atoms with Gasteiger partial charge in [0.15, 0.2) is 5.82 Å². The van der Waals surface area contributed by atoms with Crippen molar-refractivity contribution in [2.45, 2.75) is 0 Å². The fraction of sp³-hybridized carbons (Fsp3) is 0.333. The van der Waals surface area contributed by atoms with Gasteiger partial charge >= 0.3 is 6.01 Å². The topological polar surface area (TPSA) is 41.5 Å². The van der Waals surface area contributed by atoms with Crippen LogP contribution in [0.4, 0.5) is 15.9 Å². The van der Waals surface area contributed by atoms with Crippen LogP contribution in [0.1, 0.15) is 0 Å². The molecular weight excluding hydrogens is 307 g/mol. The van der Waals surface area contributed by atoms with Crippen LogP contribution in [0, 0.1) is 5.82 Å². The van der Waals surface area contributed by atoms with E-state index in [-0.39, 0.29) is 5.82 Å². The van der Waals surface area contributed by atoms with Gasteiger partial charge in [0.2, 0.25) is 0 Å². The molecule has 1 aromatic carbocycles. The van der Waals surface area contributed by atoms with Crippen LogP contribution in [0.3, 0.4) is 0 Å². The van der Waals surface area contributed by atoms with E-state index in [1.54, 1.807) is 18.3 Å². The number of benzene rings is 1. The second-order valence-corrected chi connectivity index (χ2v) is 5.39. The summed E-state index contributed by atoms with van der Waals surface area (Å²) < 4.78 is 18.0. The van der Waals surface area contributed by atoms with Crippen LogP contribution < -0.4 is 14.5 Å². The summed E-state index contributed by atoms with van der Waals surface area (Å²) in [6.45, 7) is 3.18. The third-order valence-electron chi connectivity index (χ3n) is 3.66. The first-order chi connectivity index (χ1) is 10.7. The first kappa shape index (κ1) is 14.8. The number of halogens is 2. The van der Waals surface area contributed by atoms with Gasteiger partial charge in [-0.05, 0) is 24.3 Å². The Kier molecular flexibility index (Phi) is 4.29. The molecule has 2 aromatic rings. The lowest BCUT2D eigenvalue weighted by molar-refractivity contribution is 0.379. The van der Waals surface area contributed by atoms with Crippen molar-refractivity contribution in [1.82, 2.24) is 9.97 Å². The van der Waals surface area contributed by atoms with Crippen LogP contribution in [0.2, 0.25) is 5.02 Å². The zero-order chi connectivity index (χ0) is 15.5. The summed E-state index contributed by atoms with van der Waals surface area (Å²) in [5.74, 6) is 0.467. The standard InChI is InChI=1S/C15H16ClFN4O/c1-22-15-18-10-13(16)14(19-15)21-8-6-20(7-9-21)12-4-2-11(17)3-5-12/h2-5,10H,6-9H2,1H3. The van der Waals surface area contributed by atoms with Gasteiger partial charge in [0.25, 0.3) is 0 Å². The maximum Gasteiger partial charge on any atom is 0.318 e. The minimum absolute atomic E-state index is 0.220. The molecule has 0 bridgehead atoms. The Labute approximate surface area is 133 Å². The van der Waals surface area contributed by atoms with Crippen molar-refractivity contribution in [3.05, 3.63) is 41.3 Å². The lowest BCUT2D eigenvalue weighted by atomic mass is 10.2. The summed E-state index contributed by atoms with van der Waals surface area (Å²) in [6, 6.07) is 6.86. The lowest BCUT2D eigenvalue weighted by Crippen LogP contribution is -2.47. The Balaban J connectivity index is 1.70. The monoisotopic (exact) mass is 322 g/mol. The molecule has 1 saturated heterocycles. The molecule has 1 aliphatic heterocycles. The highest BCUT2D eigenvalue weighted by Crippen LogP contribution is 2.26. The van der Waals surface area contributed by atoms with Crippen LogP contribution >= 0.6 is 11.6 Å². The van der Waals surface area contributed by atoms with Gasteiger partial charge in [0, 0.05) is 31.9 Å². The van der Waals surface area contributed by atoms with Crippen molar-refractivity contribution in [3.63, 3.8) is 0 Å². The van der Waals surface area contributed by atoms with Gasteiger partial charge in [0.05, 0.1) is 13.3 Å². The van der Waals surface area contributed by atoms with Crippen LogP contribution in [0.15, 0.2) is 30.5 Å². The molecule has 22 heavy (non-hydrogen) atoms. The third kappa shape index (κ3) is 3.06. The van der Waals surface area contributed by atoms with E-state index in [0.29, 0.717) is 16.9 Å². The minimum atomic E-state index is -0.220. The van der Waals surface area contributed by atoms with Crippen LogP contribution in [-0.2, 0) is 0 Å². The number of aromatic nitrogens is 2. The van der Waals surface area contributed by atoms with Crippen molar-refractivity contribution in [2.75, 3.05) is 43.1 Å². The van der Waals surface area contributed by atoms with Crippen LogP contribution in [0.25, 0.3) is 0 Å². The van der Waals surface area contributed by atoms with Crippen molar-refractivity contribution < 1.29 is 9.13 Å². The molecule has 7 heteroatoms. The molecule has 0 N–H and O–H groups in total. The minimum Gasteiger partial charge on any atom is -0.467 e. The Morgan fingerprint density at radius 2 is 1.73 bits per heavy atom. The molecule has 0 atom stereocenters. The highest BCUT2D eigenvalue weighted by atomic mass is 35.5. The Bertz CT molecular complexity index is 644. The van der Waals surface area contributed by atoms with Gasteiger partial charge in [-0.3, -0.25) is 0 Å². The average molecular weight is 323 g/mol. The fourth-order valence-corrected chi connectivity index (χ4v) is 2.70. The lowest BCUT2D eigenvalue weighted by Gasteiger charge is -2.37. The number of ether oxygens (including phenoxy) is 1. The van der Waals surface area contributed by atoms with Crippen molar-refractivity contribution >= 4 is 23.1 Å². The molecule has 1 aromatic heterocycles. The maximum absolute atomic E-state index is 13.0. The summed E-state index contributed by atoms with van der Waals surface area (Å²) in [7, 11) is 1.53. The predicted octanol–water partition coefficient (Wildman–Crippen LogP) is 2.60. The number of methoxy groups -OCH3 is 1. The quantitative estimate of drug-likeness (QED) is 0.869. The number of nitrogens with zero attached hydrogens (tertiary/aromatic N) is 4. The molecule has 2 heterocycles. The molecule has 116 valence electrons. The van der Waals surface area contributed by atoms with E-state index in [0.717, 1.165) is 31.9 Å². The molecule has 1 aliphatic rings. The summed E-state index contributed by atoms with van der Waals surface area (Å²) in [5, 5.41) is 0.510. The molecule has 5 nitrogen and oxygen atoms in total. The smallest absolute Gasteiger partial charge is 0.318 e. The first-order valence-electron chi connectivity index (χ1n) is 6.99. The van der Waals surface area contributed by atoms with Gasteiger partial charge in [-0.1, -0.05) is 11.6 Å². The van der Waals surface area contributed by atoms with Gasteiger partial charge in [-0.2, -0.15) is 4.98 Å². The zero-order valence-electron chi connectivity index (χ0n) is 12.2. The van der Waals surface area contributed by atoms with E-state index >= 15 is 0 Å².